The van der Waals surface area contributed by atoms with Crippen LogP contribution >= 0.6 is 11.6 Å². The van der Waals surface area contributed by atoms with Crippen LogP contribution in [0.4, 0.5) is 5.69 Å². The van der Waals surface area contributed by atoms with Gasteiger partial charge in [-0.3, -0.25) is 25.2 Å². The van der Waals surface area contributed by atoms with Gasteiger partial charge >= 0.3 is 0 Å². The monoisotopic (exact) mass is 451 g/mol. The minimum Gasteiger partial charge on any atom is -0.507 e. The molecule has 0 saturated heterocycles. The van der Waals surface area contributed by atoms with E-state index in [2.05, 4.69) is 16.2 Å². The summed E-state index contributed by atoms with van der Waals surface area (Å²) in [6.45, 7) is 0. The van der Waals surface area contributed by atoms with Crippen LogP contribution < -0.4 is 20.9 Å². The number of benzene rings is 3. The summed E-state index contributed by atoms with van der Waals surface area (Å²) in [5.74, 6) is -1.27. The van der Waals surface area contributed by atoms with E-state index in [9.17, 15) is 19.5 Å². The standard InChI is InChI=1S/C23H18ClN3O5/c24-15-8-9-18(28)17(12-15)22(30)27-26-21(29)14-5-3-6-16(10-14)25-23(31)20-11-13-4-1-2-7-19(13)32-20/h1-10,12,20,28H,11H2,(H,25,31)(H,26,29)(H,27,30). The fraction of sp³-hybridized carbons (Fsp3) is 0.0870. The van der Waals surface area contributed by atoms with Crippen LogP contribution in [0, 0.1) is 0 Å². The van der Waals surface area contributed by atoms with Crippen molar-refractivity contribution >= 4 is 35.0 Å². The second kappa shape index (κ2) is 8.99. The van der Waals surface area contributed by atoms with Gasteiger partial charge in [-0.1, -0.05) is 35.9 Å². The summed E-state index contributed by atoms with van der Waals surface area (Å²) in [6.07, 6.45) is -0.195. The first-order valence-corrected chi connectivity index (χ1v) is 10.0. The molecule has 4 N–H and O–H groups in total. The largest absolute Gasteiger partial charge is 0.507 e. The number of hydrazine groups is 1. The van der Waals surface area contributed by atoms with Crippen LogP contribution in [0.5, 0.6) is 11.5 Å². The van der Waals surface area contributed by atoms with Gasteiger partial charge in [-0.05, 0) is 48.0 Å². The molecule has 32 heavy (non-hydrogen) atoms. The molecule has 4 rings (SSSR count). The molecule has 0 bridgehead atoms. The van der Waals surface area contributed by atoms with Crippen molar-refractivity contribution in [1.82, 2.24) is 10.9 Å². The molecular formula is C23H18ClN3O5. The van der Waals surface area contributed by atoms with Gasteiger partial charge in [0.15, 0.2) is 6.10 Å². The van der Waals surface area contributed by atoms with Gasteiger partial charge in [-0.15, -0.1) is 0 Å². The van der Waals surface area contributed by atoms with E-state index in [-0.39, 0.29) is 27.8 Å². The Kier molecular flexibility index (Phi) is 5.96. The number of phenols is 1. The van der Waals surface area contributed by atoms with E-state index in [0.717, 1.165) is 5.56 Å². The summed E-state index contributed by atoms with van der Waals surface area (Å²) in [4.78, 5) is 37.2. The molecule has 3 aromatic rings. The number of nitrogens with one attached hydrogen (secondary N) is 3. The van der Waals surface area contributed by atoms with Crippen LogP contribution in [0.2, 0.25) is 5.02 Å². The molecular weight excluding hydrogens is 434 g/mol. The third kappa shape index (κ3) is 4.65. The van der Waals surface area contributed by atoms with Gasteiger partial charge in [-0.25, -0.2) is 0 Å². The molecule has 3 amide bonds. The molecule has 1 atom stereocenters. The summed E-state index contributed by atoms with van der Waals surface area (Å²) < 4.78 is 5.67. The number of aromatic hydroxyl groups is 1. The molecule has 3 aromatic carbocycles. The van der Waals surface area contributed by atoms with E-state index in [1.807, 2.05) is 24.3 Å². The number of carbonyl (C=O) groups excluding carboxylic acids is 3. The molecule has 1 aliphatic heterocycles. The van der Waals surface area contributed by atoms with Crippen LogP contribution in [0.25, 0.3) is 0 Å². The Labute approximate surface area is 188 Å². The number of halogens is 1. The average Bonchev–Trinajstić information content (AvgIpc) is 3.23. The number of amides is 3. The highest BCUT2D eigenvalue weighted by Gasteiger charge is 2.28. The highest BCUT2D eigenvalue weighted by molar-refractivity contribution is 6.31. The smallest absolute Gasteiger partial charge is 0.273 e. The van der Waals surface area contributed by atoms with Gasteiger partial charge < -0.3 is 15.2 Å². The van der Waals surface area contributed by atoms with Crippen molar-refractivity contribution in [1.29, 1.82) is 0 Å². The van der Waals surface area contributed by atoms with E-state index in [1.165, 1.54) is 30.3 Å². The molecule has 9 heteroatoms. The molecule has 1 unspecified atom stereocenters. The zero-order valence-electron chi connectivity index (χ0n) is 16.6. The minimum absolute atomic E-state index is 0.0867. The SMILES string of the molecule is O=C(NNC(=O)c1cc(Cl)ccc1O)c1cccc(NC(=O)C2Cc3ccccc3O2)c1. The summed E-state index contributed by atoms with van der Waals surface area (Å²) in [6, 6.07) is 17.7. The Morgan fingerprint density at radius 3 is 2.53 bits per heavy atom. The average molecular weight is 452 g/mol. The van der Waals surface area contributed by atoms with Crippen LogP contribution in [0.15, 0.2) is 66.7 Å². The van der Waals surface area contributed by atoms with Crippen LogP contribution in [0.1, 0.15) is 26.3 Å². The summed E-state index contributed by atoms with van der Waals surface area (Å²) in [7, 11) is 0. The van der Waals surface area contributed by atoms with Crippen molar-refractivity contribution in [2.24, 2.45) is 0 Å². The quantitative estimate of drug-likeness (QED) is 0.455. The molecule has 1 aliphatic rings. The van der Waals surface area contributed by atoms with E-state index in [0.29, 0.717) is 17.9 Å². The molecule has 0 fully saturated rings. The van der Waals surface area contributed by atoms with Crippen molar-refractivity contribution in [3.05, 3.63) is 88.4 Å². The maximum Gasteiger partial charge on any atom is 0.273 e. The maximum atomic E-state index is 12.6. The fourth-order valence-electron chi connectivity index (χ4n) is 3.23. The molecule has 1 heterocycles. The van der Waals surface area contributed by atoms with E-state index >= 15 is 0 Å². The molecule has 162 valence electrons. The predicted molar refractivity (Wildman–Crippen MR) is 118 cm³/mol. The predicted octanol–water partition coefficient (Wildman–Crippen LogP) is 3.06. The number of fused-ring (bicyclic) bond motifs is 1. The Morgan fingerprint density at radius 1 is 0.938 bits per heavy atom. The topological polar surface area (TPSA) is 117 Å². The zero-order chi connectivity index (χ0) is 22.7. The van der Waals surface area contributed by atoms with Gasteiger partial charge in [0.25, 0.3) is 17.7 Å². The van der Waals surface area contributed by atoms with Crippen molar-refractivity contribution in [2.45, 2.75) is 12.5 Å². The highest BCUT2D eigenvalue weighted by Crippen LogP contribution is 2.28. The van der Waals surface area contributed by atoms with Gasteiger partial charge in [0.1, 0.15) is 11.5 Å². The van der Waals surface area contributed by atoms with Crippen molar-refractivity contribution in [3.63, 3.8) is 0 Å². The molecule has 0 spiro atoms. The molecule has 8 nitrogen and oxygen atoms in total. The summed E-state index contributed by atoms with van der Waals surface area (Å²) in [5, 5.41) is 12.8. The van der Waals surface area contributed by atoms with Gasteiger partial charge in [-0.2, -0.15) is 0 Å². The summed E-state index contributed by atoms with van der Waals surface area (Å²) >= 11 is 5.83. The van der Waals surface area contributed by atoms with Gasteiger partial charge in [0, 0.05) is 22.7 Å². The fourth-order valence-corrected chi connectivity index (χ4v) is 3.40. The van der Waals surface area contributed by atoms with Crippen LogP contribution in [-0.2, 0) is 11.2 Å². The molecule has 0 aliphatic carbocycles. The number of ether oxygens (including phenoxy) is 1. The van der Waals surface area contributed by atoms with Crippen LogP contribution in [0.3, 0.4) is 0 Å². The Morgan fingerprint density at radius 2 is 1.72 bits per heavy atom. The summed E-state index contributed by atoms with van der Waals surface area (Å²) in [5.41, 5.74) is 5.96. The number of phenolic OH excluding ortho intramolecular Hbond substituents is 1. The minimum atomic E-state index is -0.735. The molecule has 0 radical (unpaired) electrons. The Hall–Kier alpha value is -4.04. The molecule has 0 aromatic heterocycles. The van der Waals surface area contributed by atoms with E-state index in [4.69, 9.17) is 16.3 Å². The lowest BCUT2D eigenvalue weighted by Crippen LogP contribution is -2.41. The van der Waals surface area contributed by atoms with Crippen molar-refractivity contribution < 1.29 is 24.2 Å². The van der Waals surface area contributed by atoms with E-state index < -0.39 is 17.9 Å². The number of hydrogen-bond acceptors (Lipinski definition) is 5. The number of hydrogen-bond donors (Lipinski definition) is 4. The third-order valence-electron chi connectivity index (χ3n) is 4.82. The lowest BCUT2D eigenvalue weighted by atomic mass is 10.1. The first-order valence-electron chi connectivity index (χ1n) is 9.65. The number of anilines is 1. The Bertz CT molecular complexity index is 1190. The second-order valence-corrected chi connectivity index (χ2v) is 7.49. The van der Waals surface area contributed by atoms with E-state index in [1.54, 1.807) is 12.1 Å². The lowest BCUT2D eigenvalue weighted by molar-refractivity contribution is -0.122. The third-order valence-corrected chi connectivity index (χ3v) is 5.06. The number of carbonyl (C=O) groups is 3. The van der Waals surface area contributed by atoms with Gasteiger partial charge in [0.2, 0.25) is 0 Å². The maximum absolute atomic E-state index is 12.6. The highest BCUT2D eigenvalue weighted by atomic mass is 35.5. The van der Waals surface area contributed by atoms with Crippen molar-refractivity contribution in [2.75, 3.05) is 5.32 Å². The Balaban J connectivity index is 1.36. The normalized spacial score (nSPS) is 14.1. The first-order chi connectivity index (χ1) is 15.4. The van der Waals surface area contributed by atoms with Crippen LogP contribution in [-0.4, -0.2) is 28.9 Å². The zero-order valence-corrected chi connectivity index (χ0v) is 17.3. The van der Waals surface area contributed by atoms with Crippen molar-refractivity contribution in [3.8, 4) is 11.5 Å². The number of para-hydroxylation sites is 1. The second-order valence-electron chi connectivity index (χ2n) is 7.06. The first kappa shape index (κ1) is 21.2. The lowest BCUT2D eigenvalue weighted by Gasteiger charge is -2.13. The molecule has 0 saturated carbocycles. The van der Waals surface area contributed by atoms with Gasteiger partial charge in [0.05, 0.1) is 5.56 Å². The number of rotatable bonds is 4.